The third kappa shape index (κ3) is 5.61. The van der Waals surface area contributed by atoms with Crippen molar-refractivity contribution in [3.63, 3.8) is 0 Å². The van der Waals surface area contributed by atoms with Crippen molar-refractivity contribution in [3.8, 4) is 0 Å². The molecule has 0 unspecified atom stereocenters. The van der Waals surface area contributed by atoms with E-state index in [1.54, 1.807) is 0 Å². The summed E-state index contributed by atoms with van der Waals surface area (Å²) in [4.78, 5) is 14.4. The van der Waals surface area contributed by atoms with Gasteiger partial charge >= 0.3 is 0 Å². The highest BCUT2D eigenvalue weighted by atomic mass is 32.2. The average molecular weight is 316 g/mol. The van der Waals surface area contributed by atoms with Gasteiger partial charge in [-0.15, -0.1) is 11.8 Å². The highest BCUT2D eigenvalue weighted by molar-refractivity contribution is 8.00. The smallest absolute Gasteiger partial charge is 0.230 e. The third-order valence-electron chi connectivity index (χ3n) is 3.11. The first-order valence-corrected chi connectivity index (χ1v) is 7.78. The molecule has 4 nitrogen and oxygen atoms in total. The number of hydrogen-bond donors (Lipinski definition) is 1. The molecular weight excluding hydrogens is 298 g/mol. The number of nitrogens with zero attached hydrogens (tertiary/aromatic N) is 1. The minimum atomic E-state index is -0.896. The summed E-state index contributed by atoms with van der Waals surface area (Å²) < 4.78 is 31.0. The van der Waals surface area contributed by atoms with Gasteiger partial charge in [0.15, 0.2) is 11.6 Å². The Hall–Kier alpha value is -1.18. The number of halogens is 2. The molecule has 1 aromatic carbocycles. The minimum Gasteiger partial charge on any atom is -0.379 e. The zero-order valence-corrected chi connectivity index (χ0v) is 12.4. The van der Waals surface area contributed by atoms with Crippen LogP contribution in [0.3, 0.4) is 0 Å². The van der Waals surface area contributed by atoms with Gasteiger partial charge in [-0.3, -0.25) is 9.69 Å². The number of nitrogens with one attached hydrogen (secondary N) is 1. The molecule has 0 aliphatic carbocycles. The van der Waals surface area contributed by atoms with Gasteiger partial charge in [-0.2, -0.15) is 0 Å². The van der Waals surface area contributed by atoms with Gasteiger partial charge in [0.05, 0.1) is 19.0 Å². The Kier molecular flexibility index (Phi) is 6.41. The van der Waals surface area contributed by atoms with Crippen LogP contribution in [0, 0.1) is 11.6 Å². The van der Waals surface area contributed by atoms with E-state index in [0.717, 1.165) is 45.0 Å². The highest BCUT2D eigenvalue weighted by Crippen LogP contribution is 2.19. The van der Waals surface area contributed by atoms with Gasteiger partial charge in [0.25, 0.3) is 0 Å². The van der Waals surface area contributed by atoms with E-state index in [1.807, 2.05) is 0 Å². The lowest BCUT2D eigenvalue weighted by Crippen LogP contribution is -2.41. The monoisotopic (exact) mass is 316 g/mol. The summed E-state index contributed by atoms with van der Waals surface area (Å²) in [5.74, 6) is -1.70. The van der Waals surface area contributed by atoms with Crippen molar-refractivity contribution in [1.29, 1.82) is 0 Å². The SMILES string of the molecule is O=C(CSc1ccc(F)c(F)c1)NCCN1CCOCC1. The summed E-state index contributed by atoms with van der Waals surface area (Å²) in [5.41, 5.74) is 0. The Bertz CT molecular complexity index is 482. The van der Waals surface area contributed by atoms with Crippen molar-refractivity contribution in [2.75, 3.05) is 45.1 Å². The number of ether oxygens (including phenoxy) is 1. The molecular formula is C14H18F2N2O2S. The van der Waals surface area contributed by atoms with Crippen LogP contribution in [0.15, 0.2) is 23.1 Å². The topological polar surface area (TPSA) is 41.6 Å². The fourth-order valence-corrected chi connectivity index (χ4v) is 2.70. The molecule has 0 aromatic heterocycles. The first-order valence-electron chi connectivity index (χ1n) is 6.80. The van der Waals surface area contributed by atoms with E-state index >= 15 is 0 Å². The maximum Gasteiger partial charge on any atom is 0.230 e. The van der Waals surface area contributed by atoms with E-state index < -0.39 is 11.6 Å². The number of carbonyl (C=O) groups is 1. The summed E-state index contributed by atoms with van der Waals surface area (Å²) in [6, 6.07) is 3.62. The Morgan fingerprint density at radius 2 is 2.05 bits per heavy atom. The van der Waals surface area contributed by atoms with Crippen molar-refractivity contribution in [1.82, 2.24) is 10.2 Å². The second kappa shape index (κ2) is 8.31. The van der Waals surface area contributed by atoms with Gasteiger partial charge in [0, 0.05) is 31.1 Å². The van der Waals surface area contributed by atoms with Crippen molar-refractivity contribution >= 4 is 17.7 Å². The van der Waals surface area contributed by atoms with Crippen molar-refractivity contribution in [3.05, 3.63) is 29.8 Å². The molecule has 1 aliphatic heterocycles. The van der Waals surface area contributed by atoms with Gasteiger partial charge in [-0.1, -0.05) is 0 Å². The molecule has 0 atom stereocenters. The van der Waals surface area contributed by atoms with Gasteiger partial charge in [-0.05, 0) is 18.2 Å². The number of thioether (sulfide) groups is 1. The van der Waals surface area contributed by atoms with Crippen LogP contribution in [0.4, 0.5) is 8.78 Å². The van der Waals surface area contributed by atoms with Gasteiger partial charge in [0.1, 0.15) is 0 Å². The minimum absolute atomic E-state index is 0.113. The zero-order chi connectivity index (χ0) is 15.1. The van der Waals surface area contributed by atoms with Gasteiger partial charge < -0.3 is 10.1 Å². The Morgan fingerprint density at radius 1 is 1.29 bits per heavy atom. The van der Waals surface area contributed by atoms with Crippen LogP contribution >= 0.6 is 11.8 Å². The van der Waals surface area contributed by atoms with Gasteiger partial charge in [0.2, 0.25) is 5.91 Å². The third-order valence-corrected chi connectivity index (χ3v) is 4.11. The Balaban J connectivity index is 1.63. The molecule has 0 spiro atoms. The highest BCUT2D eigenvalue weighted by Gasteiger charge is 2.10. The Morgan fingerprint density at radius 3 is 2.76 bits per heavy atom. The van der Waals surface area contributed by atoms with E-state index in [9.17, 15) is 13.6 Å². The molecule has 1 aromatic rings. The van der Waals surface area contributed by atoms with Crippen LogP contribution in [-0.2, 0) is 9.53 Å². The number of rotatable bonds is 6. The van der Waals surface area contributed by atoms with Crippen LogP contribution in [-0.4, -0.2) is 56.0 Å². The van der Waals surface area contributed by atoms with E-state index in [0.29, 0.717) is 11.4 Å². The maximum absolute atomic E-state index is 13.0. The molecule has 2 rings (SSSR count). The van der Waals surface area contributed by atoms with E-state index in [1.165, 1.54) is 17.8 Å². The average Bonchev–Trinajstić information content (AvgIpc) is 2.49. The molecule has 0 bridgehead atoms. The van der Waals surface area contributed by atoms with Crippen LogP contribution in [0.1, 0.15) is 0 Å². The predicted molar refractivity (Wildman–Crippen MR) is 77.4 cm³/mol. The normalized spacial score (nSPS) is 15.9. The first-order chi connectivity index (χ1) is 10.1. The van der Waals surface area contributed by atoms with Crippen LogP contribution in [0.2, 0.25) is 0 Å². The molecule has 1 amide bonds. The fraction of sp³-hybridized carbons (Fsp3) is 0.500. The largest absolute Gasteiger partial charge is 0.379 e. The second-order valence-electron chi connectivity index (χ2n) is 4.67. The predicted octanol–water partition coefficient (Wildman–Crippen LogP) is 1.51. The summed E-state index contributed by atoms with van der Waals surface area (Å²) in [6.45, 7) is 4.63. The first kappa shape index (κ1) is 16.2. The summed E-state index contributed by atoms with van der Waals surface area (Å²) in [6.07, 6.45) is 0. The number of morpholine rings is 1. The molecule has 0 saturated carbocycles. The molecule has 21 heavy (non-hydrogen) atoms. The fourth-order valence-electron chi connectivity index (χ4n) is 1.94. The number of benzene rings is 1. The lowest BCUT2D eigenvalue weighted by molar-refractivity contribution is -0.118. The number of hydrogen-bond acceptors (Lipinski definition) is 4. The maximum atomic E-state index is 13.0. The molecule has 116 valence electrons. The molecule has 7 heteroatoms. The van der Waals surface area contributed by atoms with Crippen LogP contribution < -0.4 is 5.32 Å². The molecule has 0 radical (unpaired) electrons. The molecule has 1 saturated heterocycles. The lowest BCUT2D eigenvalue weighted by Gasteiger charge is -2.26. The standard InChI is InChI=1S/C14H18F2N2O2S/c15-12-2-1-11(9-13(12)16)21-10-14(19)17-3-4-18-5-7-20-8-6-18/h1-2,9H,3-8,10H2,(H,17,19). The Labute approximate surface area is 126 Å². The molecule has 1 heterocycles. The molecule has 1 N–H and O–H groups in total. The molecule has 1 fully saturated rings. The van der Waals surface area contributed by atoms with Crippen LogP contribution in [0.5, 0.6) is 0 Å². The summed E-state index contributed by atoms with van der Waals surface area (Å²) in [7, 11) is 0. The van der Waals surface area contributed by atoms with E-state index in [-0.39, 0.29) is 11.7 Å². The second-order valence-corrected chi connectivity index (χ2v) is 5.72. The zero-order valence-electron chi connectivity index (χ0n) is 11.6. The number of carbonyl (C=O) groups excluding carboxylic acids is 1. The van der Waals surface area contributed by atoms with Crippen molar-refractivity contribution in [2.45, 2.75) is 4.90 Å². The van der Waals surface area contributed by atoms with Crippen LogP contribution in [0.25, 0.3) is 0 Å². The summed E-state index contributed by atoms with van der Waals surface area (Å²) >= 11 is 1.19. The van der Waals surface area contributed by atoms with Crippen molar-refractivity contribution in [2.24, 2.45) is 0 Å². The number of amides is 1. The van der Waals surface area contributed by atoms with E-state index in [2.05, 4.69) is 10.2 Å². The summed E-state index contributed by atoms with van der Waals surface area (Å²) in [5, 5.41) is 2.82. The quantitative estimate of drug-likeness (QED) is 0.808. The molecule has 1 aliphatic rings. The lowest BCUT2D eigenvalue weighted by atomic mass is 10.3. The van der Waals surface area contributed by atoms with E-state index in [4.69, 9.17) is 4.74 Å². The van der Waals surface area contributed by atoms with Gasteiger partial charge in [-0.25, -0.2) is 8.78 Å². The van der Waals surface area contributed by atoms with Crippen molar-refractivity contribution < 1.29 is 18.3 Å².